The number of benzene rings is 1. The standard InChI is InChI=1S/C15H24Cl2N4O/c1-19(2)9-10-21(12-22)15-11-13(3-4-14(15)18)20(7-5-16)8-6-17/h3-4,11-12H,5-10,18H2,1-2H3. The third kappa shape index (κ3) is 5.55. The van der Waals surface area contributed by atoms with Crippen LogP contribution in [-0.4, -0.2) is 63.3 Å². The first kappa shape index (κ1) is 18.9. The van der Waals surface area contributed by atoms with Crippen LogP contribution >= 0.6 is 23.2 Å². The van der Waals surface area contributed by atoms with Gasteiger partial charge in [-0.25, -0.2) is 0 Å². The Balaban J connectivity index is 3.02. The molecule has 7 heteroatoms. The van der Waals surface area contributed by atoms with Crippen LogP contribution in [-0.2, 0) is 4.79 Å². The van der Waals surface area contributed by atoms with Crippen LogP contribution in [0.2, 0.25) is 0 Å². The van der Waals surface area contributed by atoms with E-state index in [-0.39, 0.29) is 0 Å². The Morgan fingerprint density at radius 2 is 1.73 bits per heavy atom. The minimum atomic E-state index is 0.509. The molecule has 124 valence electrons. The van der Waals surface area contributed by atoms with Gasteiger partial charge in [0, 0.05) is 43.6 Å². The van der Waals surface area contributed by atoms with Gasteiger partial charge in [-0.3, -0.25) is 4.79 Å². The molecule has 22 heavy (non-hydrogen) atoms. The number of anilines is 3. The maximum absolute atomic E-state index is 11.4. The molecule has 0 aliphatic rings. The van der Waals surface area contributed by atoms with E-state index in [9.17, 15) is 4.79 Å². The van der Waals surface area contributed by atoms with Crippen LogP contribution in [0.4, 0.5) is 17.1 Å². The van der Waals surface area contributed by atoms with Gasteiger partial charge in [0.1, 0.15) is 0 Å². The minimum Gasteiger partial charge on any atom is -0.397 e. The van der Waals surface area contributed by atoms with E-state index in [0.29, 0.717) is 42.8 Å². The zero-order valence-corrected chi connectivity index (χ0v) is 14.6. The first-order valence-corrected chi connectivity index (χ1v) is 8.23. The second-order valence-corrected chi connectivity index (χ2v) is 5.97. The molecular weight excluding hydrogens is 323 g/mol. The van der Waals surface area contributed by atoms with Gasteiger partial charge in [0.15, 0.2) is 0 Å². The third-order valence-electron chi connectivity index (χ3n) is 3.31. The van der Waals surface area contributed by atoms with Gasteiger partial charge in [0.05, 0.1) is 11.4 Å². The van der Waals surface area contributed by atoms with Gasteiger partial charge in [-0.2, -0.15) is 0 Å². The molecule has 0 bridgehead atoms. The molecular formula is C15H24Cl2N4O. The van der Waals surface area contributed by atoms with Crippen molar-refractivity contribution in [2.45, 2.75) is 0 Å². The summed E-state index contributed by atoms with van der Waals surface area (Å²) in [6.07, 6.45) is 0.812. The molecule has 1 aromatic carbocycles. The number of hydrogen-bond acceptors (Lipinski definition) is 4. The summed E-state index contributed by atoms with van der Waals surface area (Å²) in [6, 6.07) is 5.65. The molecule has 0 saturated heterocycles. The van der Waals surface area contributed by atoms with E-state index in [1.807, 2.05) is 37.2 Å². The number of carbonyl (C=O) groups is 1. The highest BCUT2D eigenvalue weighted by Crippen LogP contribution is 2.28. The number of hydrogen-bond donors (Lipinski definition) is 1. The summed E-state index contributed by atoms with van der Waals surface area (Å²) < 4.78 is 0. The van der Waals surface area contributed by atoms with Gasteiger partial charge >= 0.3 is 0 Å². The van der Waals surface area contributed by atoms with Crippen LogP contribution < -0.4 is 15.5 Å². The van der Waals surface area contributed by atoms with Gasteiger partial charge in [0.2, 0.25) is 6.41 Å². The van der Waals surface area contributed by atoms with Crippen molar-refractivity contribution in [3.8, 4) is 0 Å². The van der Waals surface area contributed by atoms with E-state index in [0.717, 1.165) is 18.6 Å². The van der Waals surface area contributed by atoms with Crippen molar-refractivity contribution in [2.75, 3.05) is 67.6 Å². The van der Waals surface area contributed by atoms with Crippen molar-refractivity contribution >= 4 is 46.7 Å². The average molecular weight is 347 g/mol. The number of nitrogen functional groups attached to an aromatic ring is 1. The number of halogens is 2. The second-order valence-electron chi connectivity index (χ2n) is 5.21. The van der Waals surface area contributed by atoms with Crippen LogP contribution in [0.1, 0.15) is 0 Å². The van der Waals surface area contributed by atoms with E-state index >= 15 is 0 Å². The first-order chi connectivity index (χ1) is 10.5. The van der Waals surface area contributed by atoms with Crippen LogP contribution in [0.3, 0.4) is 0 Å². The molecule has 0 radical (unpaired) electrons. The van der Waals surface area contributed by atoms with Crippen LogP contribution in [0, 0.1) is 0 Å². The highest BCUT2D eigenvalue weighted by atomic mass is 35.5. The minimum absolute atomic E-state index is 0.509. The molecule has 0 heterocycles. The van der Waals surface area contributed by atoms with Gasteiger partial charge < -0.3 is 20.4 Å². The van der Waals surface area contributed by atoms with Gasteiger partial charge in [-0.15, -0.1) is 23.2 Å². The molecule has 0 aliphatic carbocycles. The Bertz CT molecular complexity index is 465. The number of rotatable bonds is 10. The normalized spacial score (nSPS) is 10.8. The Labute approximate surface area is 142 Å². The first-order valence-electron chi connectivity index (χ1n) is 7.16. The van der Waals surface area contributed by atoms with E-state index in [1.165, 1.54) is 0 Å². The zero-order valence-electron chi connectivity index (χ0n) is 13.1. The zero-order chi connectivity index (χ0) is 16.5. The fourth-order valence-corrected chi connectivity index (χ4v) is 2.50. The van der Waals surface area contributed by atoms with Crippen LogP contribution in [0.25, 0.3) is 0 Å². The highest BCUT2D eigenvalue weighted by molar-refractivity contribution is 6.18. The van der Waals surface area contributed by atoms with Crippen molar-refractivity contribution in [3.05, 3.63) is 18.2 Å². The molecule has 1 aromatic rings. The van der Waals surface area contributed by atoms with Crippen molar-refractivity contribution < 1.29 is 4.79 Å². The Hall–Kier alpha value is -1.17. The van der Waals surface area contributed by atoms with Crippen LogP contribution in [0.5, 0.6) is 0 Å². The summed E-state index contributed by atoms with van der Waals surface area (Å²) >= 11 is 11.7. The molecule has 0 saturated carbocycles. The SMILES string of the molecule is CN(C)CCN(C=O)c1cc(N(CCCl)CCCl)ccc1N. The lowest BCUT2D eigenvalue weighted by Gasteiger charge is -2.26. The second kappa shape index (κ2) is 9.77. The fraction of sp³-hybridized carbons (Fsp3) is 0.533. The van der Waals surface area contributed by atoms with Crippen molar-refractivity contribution in [2.24, 2.45) is 0 Å². The number of carbonyl (C=O) groups excluding carboxylic acids is 1. The van der Waals surface area contributed by atoms with E-state index in [1.54, 1.807) is 4.90 Å². The highest BCUT2D eigenvalue weighted by Gasteiger charge is 2.13. The maximum atomic E-state index is 11.4. The lowest BCUT2D eigenvalue weighted by atomic mass is 10.2. The van der Waals surface area contributed by atoms with Crippen molar-refractivity contribution in [1.29, 1.82) is 0 Å². The molecule has 1 amide bonds. The predicted octanol–water partition coefficient (Wildman–Crippen LogP) is 2.08. The summed E-state index contributed by atoms with van der Waals surface area (Å²) in [5.41, 5.74) is 8.28. The van der Waals surface area contributed by atoms with E-state index in [2.05, 4.69) is 4.90 Å². The lowest BCUT2D eigenvalue weighted by molar-refractivity contribution is -0.107. The predicted molar refractivity (Wildman–Crippen MR) is 96.5 cm³/mol. The smallest absolute Gasteiger partial charge is 0.214 e. The molecule has 5 nitrogen and oxygen atoms in total. The van der Waals surface area contributed by atoms with Crippen molar-refractivity contribution in [3.63, 3.8) is 0 Å². The van der Waals surface area contributed by atoms with Gasteiger partial charge in [0.25, 0.3) is 0 Å². The Morgan fingerprint density at radius 1 is 1.09 bits per heavy atom. The Morgan fingerprint density at radius 3 is 2.23 bits per heavy atom. The number of nitrogens with two attached hydrogens (primary N) is 1. The summed E-state index contributed by atoms with van der Waals surface area (Å²) in [4.78, 5) is 17.1. The summed E-state index contributed by atoms with van der Waals surface area (Å²) in [7, 11) is 3.93. The maximum Gasteiger partial charge on any atom is 0.214 e. The van der Waals surface area contributed by atoms with E-state index in [4.69, 9.17) is 28.9 Å². The van der Waals surface area contributed by atoms with Gasteiger partial charge in [-0.05, 0) is 32.3 Å². The van der Waals surface area contributed by atoms with Crippen LogP contribution in [0.15, 0.2) is 18.2 Å². The topological polar surface area (TPSA) is 52.8 Å². The third-order valence-corrected chi connectivity index (χ3v) is 3.65. The number of nitrogens with zero attached hydrogens (tertiary/aromatic N) is 3. The lowest BCUT2D eigenvalue weighted by Crippen LogP contribution is -2.32. The number of likely N-dealkylation sites (N-methyl/N-ethyl adjacent to an activating group) is 1. The molecule has 0 atom stereocenters. The molecule has 2 N–H and O–H groups in total. The van der Waals surface area contributed by atoms with Gasteiger partial charge in [-0.1, -0.05) is 0 Å². The molecule has 0 unspecified atom stereocenters. The molecule has 0 aliphatic heterocycles. The quantitative estimate of drug-likeness (QED) is 0.400. The van der Waals surface area contributed by atoms with Crippen molar-refractivity contribution in [1.82, 2.24) is 4.90 Å². The summed E-state index contributed by atoms with van der Waals surface area (Å²) in [6.45, 7) is 2.72. The average Bonchev–Trinajstić information content (AvgIpc) is 2.49. The Kier molecular flexibility index (Phi) is 8.38. The molecule has 0 fully saturated rings. The fourth-order valence-electron chi connectivity index (χ4n) is 2.09. The monoisotopic (exact) mass is 346 g/mol. The molecule has 0 aromatic heterocycles. The molecule has 0 spiro atoms. The number of alkyl halides is 2. The van der Waals surface area contributed by atoms with E-state index < -0.39 is 0 Å². The molecule has 1 rings (SSSR count). The summed E-state index contributed by atoms with van der Waals surface area (Å²) in [5.74, 6) is 1.02. The largest absolute Gasteiger partial charge is 0.397 e. The summed E-state index contributed by atoms with van der Waals surface area (Å²) in [5, 5.41) is 0. The number of amides is 1.